The summed E-state index contributed by atoms with van der Waals surface area (Å²) in [5.74, 6) is 0.500. The molecule has 1 aliphatic rings. The standard InChI is InChI=1S/C17H19NO5S2/c1-11(19)18-10-13-7-8-15(24-13)25(20,21)23-14-6-4-5-12-9-17(2,3)22-16(12)14/h4-8H,9-10H2,1-3H3,(H,18,19). The number of fused-ring (bicyclic) bond motifs is 1. The van der Waals surface area contributed by atoms with Crippen LogP contribution in [0.1, 0.15) is 31.2 Å². The molecule has 3 rings (SSSR count). The number of para-hydroxylation sites is 1. The van der Waals surface area contributed by atoms with Crippen LogP contribution in [-0.4, -0.2) is 19.9 Å². The summed E-state index contributed by atoms with van der Waals surface area (Å²) in [7, 11) is -3.96. The molecule has 134 valence electrons. The molecule has 1 amide bonds. The van der Waals surface area contributed by atoms with Crippen LogP contribution in [0.5, 0.6) is 11.5 Å². The lowest BCUT2D eigenvalue weighted by Gasteiger charge is -2.18. The highest BCUT2D eigenvalue weighted by Crippen LogP contribution is 2.42. The zero-order valence-corrected chi connectivity index (χ0v) is 15.8. The number of hydrogen-bond donors (Lipinski definition) is 1. The lowest BCUT2D eigenvalue weighted by molar-refractivity contribution is -0.119. The second-order valence-electron chi connectivity index (χ2n) is 6.45. The van der Waals surface area contributed by atoms with E-state index in [0.29, 0.717) is 12.2 Å². The first-order valence-electron chi connectivity index (χ1n) is 7.75. The third-order valence-electron chi connectivity index (χ3n) is 3.65. The molecule has 6 nitrogen and oxygen atoms in total. The first-order chi connectivity index (χ1) is 11.7. The molecule has 25 heavy (non-hydrogen) atoms. The smallest absolute Gasteiger partial charge is 0.348 e. The van der Waals surface area contributed by atoms with Crippen molar-refractivity contribution in [1.82, 2.24) is 5.32 Å². The monoisotopic (exact) mass is 381 g/mol. The zero-order chi connectivity index (χ0) is 18.2. The summed E-state index contributed by atoms with van der Waals surface area (Å²) in [6.07, 6.45) is 0.694. The summed E-state index contributed by atoms with van der Waals surface area (Å²) in [6, 6.07) is 8.38. The van der Waals surface area contributed by atoms with Crippen LogP contribution in [0, 0.1) is 0 Å². The average Bonchev–Trinajstić information content (AvgIpc) is 3.08. The quantitative estimate of drug-likeness (QED) is 0.806. The van der Waals surface area contributed by atoms with Gasteiger partial charge in [0.2, 0.25) is 5.91 Å². The molecule has 2 heterocycles. The number of ether oxygens (including phenoxy) is 1. The van der Waals surface area contributed by atoms with Crippen molar-refractivity contribution in [2.45, 2.75) is 43.5 Å². The van der Waals surface area contributed by atoms with Gasteiger partial charge in [0.25, 0.3) is 0 Å². The molecule has 2 aromatic rings. The van der Waals surface area contributed by atoms with Crippen molar-refractivity contribution in [2.75, 3.05) is 0 Å². The van der Waals surface area contributed by atoms with E-state index < -0.39 is 10.1 Å². The van der Waals surface area contributed by atoms with Crippen molar-refractivity contribution in [1.29, 1.82) is 0 Å². The lowest BCUT2D eigenvalue weighted by atomic mass is 10.0. The largest absolute Gasteiger partial charge is 0.483 e. The Hall–Kier alpha value is -2.06. The van der Waals surface area contributed by atoms with Crippen LogP contribution < -0.4 is 14.2 Å². The van der Waals surface area contributed by atoms with Gasteiger partial charge in [-0.15, -0.1) is 11.3 Å². The number of hydrogen-bond acceptors (Lipinski definition) is 6. The minimum Gasteiger partial charge on any atom is -0.483 e. The van der Waals surface area contributed by atoms with Crippen LogP contribution in [0.2, 0.25) is 0 Å². The average molecular weight is 381 g/mol. The summed E-state index contributed by atoms with van der Waals surface area (Å²) in [6.45, 7) is 5.58. The molecule has 0 spiro atoms. The number of benzene rings is 1. The fourth-order valence-corrected chi connectivity index (χ4v) is 4.80. The summed E-state index contributed by atoms with van der Waals surface area (Å²) >= 11 is 1.07. The highest BCUT2D eigenvalue weighted by molar-refractivity contribution is 7.89. The van der Waals surface area contributed by atoms with E-state index in [2.05, 4.69) is 5.32 Å². The molecule has 1 N–H and O–H groups in total. The number of carbonyl (C=O) groups is 1. The van der Waals surface area contributed by atoms with Crippen LogP contribution in [0.15, 0.2) is 34.5 Å². The molecule has 1 aromatic carbocycles. The summed E-state index contributed by atoms with van der Waals surface area (Å²) < 4.78 is 36.4. The molecule has 1 aliphatic heterocycles. The highest BCUT2D eigenvalue weighted by Gasteiger charge is 2.33. The topological polar surface area (TPSA) is 81.7 Å². The van der Waals surface area contributed by atoms with Gasteiger partial charge in [0.15, 0.2) is 15.7 Å². The molecule has 0 bridgehead atoms. The first-order valence-corrected chi connectivity index (χ1v) is 9.97. The van der Waals surface area contributed by atoms with E-state index in [4.69, 9.17) is 8.92 Å². The Labute approximate surface area is 150 Å². The Morgan fingerprint density at radius 1 is 1.32 bits per heavy atom. The Morgan fingerprint density at radius 3 is 2.80 bits per heavy atom. The highest BCUT2D eigenvalue weighted by atomic mass is 32.3. The number of nitrogens with one attached hydrogen (secondary N) is 1. The molecule has 0 atom stereocenters. The third kappa shape index (κ3) is 3.96. The van der Waals surface area contributed by atoms with E-state index >= 15 is 0 Å². The third-order valence-corrected chi connectivity index (χ3v) is 6.42. The van der Waals surface area contributed by atoms with E-state index in [1.807, 2.05) is 19.9 Å². The minimum absolute atomic E-state index is 0.0858. The molecular weight excluding hydrogens is 362 g/mol. The molecule has 0 saturated carbocycles. The Bertz CT molecular complexity index is 915. The van der Waals surface area contributed by atoms with E-state index in [1.165, 1.54) is 13.0 Å². The van der Waals surface area contributed by atoms with Gasteiger partial charge in [-0.1, -0.05) is 12.1 Å². The van der Waals surface area contributed by atoms with Gasteiger partial charge in [-0.05, 0) is 32.0 Å². The molecule has 0 fully saturated rings. The van der Waals surface area contributed by atoms with Crippen LogP contribution in [0.25, 0.3) is 0 Å². The molecule has 8 heteroatoms. The second kappa shape index (κ2) is 6.34. The minimum atomic E-state index is -3.96. The van der Waals surface area contributed by atoms with Crippen molar-refractivity contribution < 1.29 is 22.1 Å². The number of carbonyl (C=O) groups excluding carboxylic acids is 1. The maximum absolute atomic E-state index is 12.6. The Balaban J connectivity index is 1.82. The van der Waals surface area contributed by atoms with Crippen LogP contribution >= 0.6 is 11.3 Å². The molecule has 0 unspecified atom stereocenters. The normalized spacial score (nSPS) is 15.3. The Morgan fingerprint density at radius 2 is 2.08 bits per heavy atom. The number of rotatable bonds is 5. The summed E-state index contributed by atoms with van der Waals surface area (Å²) in [5.41, 5.74) is 0.537. The molecule has 0 radical (unpaired) electrons. The van der Waals surface area contributed by atoms with Gasteiger partial charge >= 0.3 is 10.1 Å². The maximum Gasteiger partial charge on any atom is 0.348 e. The predicted octanol–water partition coefficient (Wildman–Crippen LogP) is 2.87. The lowest BCUT2D eigenvalue weighted by Crippen LogP contribution is -2.24. The van der Waals surface area contributed by atoms with E-state index in [1.54, 1.807) is 18.2 Å². The molecule has 0 aliphatic carbocycles. The van der Waals surface area contributed by atoms with Crippen molar-refractivity contribution in [3.8, 4) is 11.5 Å². The van der Waals surface area contributed by atoms with Gasteiger partial charge in [0.05, 0.1) is 6.54 Å². The number of amides is 1. The predicted molar refractivity (Wildman–Crippen MR) is 94.5 cm³/mol. The van der Waals surface area contributed by atoms with Gasteiger partial charge in [-0.3, -0.25) is 4.79 Å². The van der Waals surface area contributed by atoms with E-state index in [-0.39, 0.29) is 28.0 Å². The van der Waals surface area contributed by atoms with Gasteiger partial charge in [-0.25, -0.2) is 0 Å². The van der Waals surface area contributed by atoms with Crippen molar-refractivity contribution in [3.05, 3.63) is 40.8 Å². The van der Waals surface area contributed by atoms with E-state index in [0.717, 1.165) is 21.8 Å². The van der Waals surface area contributed by atoms with E-state index in [9.17, 15) is 13.2 Å². The molecule has 0 saturated heterocycles. The second-order valence-corrected chi connectivity index (χ2v) is 9.39. The maximum atomic E-state index is 12.6. The van der Waals surface area contributed by atoms with Gasteiger partial charge in [-0.2, -0.15) is 8.42 Å². The van der Waals surface area contributed by atoms with Gasteiger partial charge in [0.1, 0.15) is 5.60 Å². The van der Waals surface area contributed by atoms with Gasteiger partial charge in [0, 0.05) is 23.8 Å². The van der Waals surface area contributed by atoms with Crippen LogP contribution in [0.3, 0.4) is 0 Å². The van der Waals surface area contributed by atoms with Gasteiger partial charge < -0.3 is 14.2 Å². The van der Waals surface area contributed by atoms with Crippen molar-refractivity contribution in [2.24, 2.45) is 0 Å². The van der Waals surface area contributed by atoms with Crippen LogP contribution in [0.4, 0.5) is 0 Å². The zero-order valence-electron chi connectivity index (χ0n) is 14.2. The first kappa shape index (κ1) is 17.8. The SMILES string of the molecule is CC(=O)NCc1ccc(S(=O)(=O)Oc2cccc3c2OC(C)(C)C3)s1. The summed E-state index contributed by atoms with van der Waals surface area (Å²) in [5, 5.41) is 2.64. The van der Waals surface area contributed by atoms with Crippen molar-refractivity contribution >= 4 is 27.4 Å². The van der Waals surface area contributed by atoms with Crippen molar-refractivity contribution in [3.63, 3.8) is 0 Å². The number of thiophene rings is 1. The molecule has 1 aromatic heterocycles. The molecular formula is C17H19NO5S2. The Kier molecular flexibility index (Phi) is 4.51. The van der Waals surface area contributed by atoms with Crippen LogP contribution in [-0.2, 0) is 27.9 Å². The fourth-order valence-electron chi connectivity index (χ4n) is 2.61. The fraction of sp³-hybridized carbons (Fsp3) is 0.353. The summed E-state index contributed by atoms with van der Waals surface area (Å²) in [4.78, 5) is 11.7.